The SMILES string of the molecule is COC1CCCCC1NC(=O)NC1CCN(CC2CC2)C1. The molecule has 0 radical (unpaired) electrons. The van der Waals surface area contributed by atoms with Crippen LogP contribution in [0.3, 0.4) is 0 Å². The molecule has 3 atom stereocenters. The van der Waals surface area contributed by atoms with E-state index in [1.807, 2.05) is 0 Å². The van der Waals surface area contributed by atoms with Gasteiger partial charge in [-0.3, -0.25) is 0 Å². The third kappa shape index (κ3) is 4.33. The summed E-state index contributed by atoms with van der Waals surface area (Å²) in [6, 6.07) is 0.475. The average molecular weight is 295 g/mol. The Balaban J connectivity index is 1.39. The summed E-state index contributed by atoms with van der Waals surface area (Å²) in [5.41, 5.74) is 0. The molecule has 0 aromatic carbocycles. The minimum atomic E-state index is -0.0118. The molecule has 21 heavy (non-hydrogen) atoms. The fraction of sp³-hybridized carbons (Fsp3) is 0.938. The van der Waals surface area contributed by atoms with E-state index >= 15 is 0 Å². The van der Waals surface area contributed by atoms with E-state index in [2.05, 4.69) is 15.5 Å². The van der Waals surface area contributed by atoms with E-state index in [1.165, 1.54) is 32.2 Å². The van der Waals surface area contributed by atoms with Crippen LogP contribution in [0.15, 0.2) is 0 Å². The van der Waals surface area contributed by atoms with Crippen molar-refractivity contribution in [2.45, 2.75) is 63.1 Å². The molecule has 3 unspecified atom stereocenters. The molecule has 1 saturated heterocycles. The summed E-state index contributed by atoms with van der Waals surface area (Å²) in [6.45, 7) is 3.38. The summed E-state index contributed by atoms with van der Waals surface area (Å²) in [7, 11) is 1.75. The van der Waals surface area contributed by atoms with E-state index in [0.29, 0.717) is 6.04 Å². The molecule has 0 aromatic rings. The van der Waals surface area contributed by atoms with Crippen molar-refractivity contribution < 1.29 is 9.53 Å². The van der Waals surface area contributed by atoms with Crippen LogP contribution >= 0.6 is 0 Å². The van der Waals surface area contributed by atoms with Crippen LogP contribution in [-0.4, -0.2) is 55.9 Å². The summed E-state index contributed by atoms with van der Waals surface area (Å²) >= 11 is 0. The highest BCUT2D eigenvalue weighted by Gasteiger charge is 2.31. The number of hydrogen-bond donors (Lipinski definition) is 2. The zero-order valence-corrected chi connectivity index (χ0v) is 13.1. The van der Waals surface area contributed by atoms with E-state index in [1.54, 1.807) is 7.11 Å². The smallest absolute Gasteiger partial charge is 0.315 e. The number of nitrogens with one attached hydrogen (secondary N) is 2. The largest absolute Gasteiger partial charge is 0.379 e. The molecule has 0 bridgehead atoms. The van der Waals surface area contributed by atoms with Gasteiger partial charge in [0.15, 0.2) is 0 Å². The third-order valence-electron chi connectivity index (χ3n) is 5.14. The number of carbonyl (C=O) groups excluding carboxylic acids is 1. The second-order valence-corrected chi connectivity index (χ2v) is 6.97. The monoisotopic (exact) mass is 295 g/mol. The maximum atomic E-state index is 12.2. The van der Waals surface area contributed by atoms with Crippen molar-refractivity contribution in [3.8, 4) is 0 Å². The maximum Gasteiger partial charge on any atom is 0.315 e. The van der Waals surface area contributed by atoms with Gasteiger partial charge >= 0.3 is 6.03 Å². The van der Waals surface area contributed by atoms with Crippen molar-refractivity contribution in [1.29, 1.82) is 0 Å². The lowest BCUT2D eigenvalue weighted by Crippen LogP contribution is -2.52. The maximum absolute atomic E-state index is 12.2. The molecule has 1 heterocycles. The van der Waals surface area contributed by atoms with Crippen LogP contribution < -0.4 is 10.6 Å². The molecule has 3 fully saturated rings. The summed E-state index contributed by atoms with van der Waals surface area (Å²) < 4.78 is 5.49. The van der Waals surface area contributed by atoms with Gasteiger partial charge in [-0.15, -0.1) is 0 Å². The van der Waals surface area contributed by atoms with Gasteiger partial charge in [-0.1, -0.05) is 12.8 Å². The van der Waals surface area contributed by atoms with Gasteiger partial charge in [0.1, 0.15) is 0 Å². The Labute approximate surface area is 127 Å². The lowest BCUT2D eigenvalue weighted by Gasteiger charge is -2.31. The lowest BCUT2D eigenvalue weighted by molar-refractivity contribution is 0.0451. The first-order valence-corrected chi connectivity index (χ1v) is 8.57. The fourth-order valence-corrected chi connectivity index (χ4v) is 3.72. The Morgan fingerprint density at radius 2 is 1.95 bits per heavy atom. The molecule has 3 aliphatic rings. The Bertz CT molecular complexity index is 359. The van der Waals surface area contributed by atoms with Crippen LogP contribution in [-0.2, 0) is 4.74 Å². The molecular formula is C16H29N3O2. The number of carbonyl (C=O) groups is 1. The number of methoxy groups -OCH3 is 1. The molecular weight excluding hydrogens is 266 g/mol. The second-order valence-electron chi connectivity index (χ2n) is 6.97. The Morgan fingerprint density at radius 1 is 1.14 bits per heavy atom. The summed E-state index contributed by atoms with van der Waals surface area (Å²) in [5.74, 6) is 0.933. The zero-order chi connectivity index (χ0) is 14.7. The van der Waals surface area contributed by atoms with Crippen LogP contribution in [0.2, 0.25) is 0 Å². The molecule has 0 spiro atoms. The Hall–Kier alpha value is -0.810. The molecule has 2 aliphatic carbocycles. The third-order valence-corrected chi connectivity index (χ3v) is 5.14. The van der Waals surface area contributed by atoms with Crippen LogP contribution in [0.4, 0.5) is 4.79 Å². The van der Waals surface area contributed by atoms with E-state index in [0.717, 1.165) is 38.3 Å². The van der Waals surface area contributed by atoms with E-state index in [-0.39, 0.29) is 18.2 Å². The number of rotatable bonds is 5. The number of amides is 2. The Morgan fingerprint density at radius 3 is 2.71 bits per heavy atom. The predicted octanol–water partition coefficient (Wildman–Crippen LogP) is 1.73. The summed E-state index contributed by atoms with van der Waals surface area (Å²) in [5, 5.41) is 6.27. The first-order chi connectivity index (χ1) is 10.2. The number of hydrogen-bond acceptors (Lipinski definition) is 3. The molecule has 120 valence electrons. The van der Waals surface area contributed by atoms with Crippen LogP contribution in [0, 0.1) is 5.92 Å². The molecule has 2 amide bonds. The van der Waals surface area contributed by atoms with Crippen molar-refractivity contribution in [1.82, 2.24) is 15.5 Å². The Kier molecular flexibility index (Phi) is 5.01. The number of nitrogens with zero attached hydrogens (tertiary/aromatic N) is 1. The normalized spacial score (nSPS) is 33.9. The van der Waals surface area contributed by atoms with Crippen LogP contribution in [0.1, 0.15) is 44.9 Å². The minimum absolute atomic E-state index is 0.0118. The highest BCUT2D eigenvalue weighted by Crippen LogP contribution is 2.30. The quantitative estimate of drug-likeness (QED) is 0.812. The minimum Gasteiger partial charge on any atom is -0.379 e. The highest BCUT2D eigenvalue weighted by molar-refractivity contribution is 5.74. The molecule has 2 saturated carbocycles. The first-order valence-electron chi connectivity index (χ1n) is 8.57. The first kappa shape index (κ1) is 15.1. The van der Waals surface area contributed by atoms with E-state index in [9.17, 15) is 4.79 Å². The number of likely N-dealkylation sites (tertiary alicyclic amines) is 1. The van der Waals surface area contributed by atoms with Gasteiger partial charge in [0.25, 0.3) is 0 Å². The number of urea groups is 1. The molecule has 0 aromatic heterocycles. The summed E-state index contributed by atoms with van der Waals surface area (Å²) in [4.78, 5) is 14.7. The van der Waals surface area contributed by atoms with Crippen molar-refractivity contribution in [2.75, 3.05) is 26.7 Å². The van der Waals surface area contributed by atoms with Gasteiger partial charge in [-0.05, 0) is 38.0 Å². The highest BCUT2D eigenvalue weighted by atomic mass is 16.5. The standard InChI is InChI=1S/C16H29N3O2/c1-21-15-5-3-2-4-14(15)18-16(20)17-13-8-9-19(11-13)10-12-6-7-12/h12-15H,2-11H2,1H3,(H2,17,18,20). The van der Waals surface area contributed by atoms with Gasteiger partial charge in [0.05, 0.1) is 12.1 Å². The van der Waals surface area contributed by atoms with Gasteiger partial charge in [-0.25, -0.2) is 4.79 Å². The van der Waals surface area contributed by atoms with Crippen molar-refractivity contribution in [3.05, 3.63) is 0 Å². The van der Waals surface area contributed by atoms with Crippen LogP contribution in [0.25, 0.3) is 0 Å². The van der Waals surface area contributed by atoms with Gasteiger partial charge in [-0.2, -0.15) is 0 Å². The van der Waals surface area contributed by atoms with E-state index < -0.39 is 0 Å². The number of ether oxygens (including phenoxy) is 1. The molecule has 1 aliphatic heterocycles. The predicted molar refractivity (Wildman–Crippen MR) is 82.3 cm³/mol. The van der Waals surface area contributed by atoms with Crippen LogP contribution in [0.5, 0.6) is 0 Å². The molecule has 5 heteroatoms. The molecule has 5 nitrogen and oxygen atoms in total. The van der Waals surface area contributed by atoms with Gasteiger partial charge in [0.2, 0.25) is 0 Å². The fourth-order valence-electron chi connectivity index (χ4n) is 3.72. The second kappa shape index (κ2) is 6.97. The van der Waals surface area contributed by atoms with Crippen molar-refractivity contribution in [3.63, 3.8) is 0 Å². The molecule has 2 N–H and O–H groups in total. The summed E-state index contributed by atoms with van der Waals surface area (Å²) in [6.07, 6.45) is 8.53. The lowest BCUT2D eigenvalue weighted by atomic mass is 9.92. The zero-order valence-electron chi connectivity index (χ0n) is 13.1. The van der Waals surface area contributed by atoms with Crippen molar-refractivity contribution >= 4 is 6.03 Å². The average Bonchev–Trinajstić information content (AvgIpc) is 3.18. The topological polar surface area (TPSA) is 53.6 Å². The molecule has 3 rings (SSSR count). The van der Waals surface area contributed by atoms with Gasteiger partial charge < -0.3 is 20.3 Å². The van der Waals surface area contributed by atoms with Crippen molar-refractivity contribution in [2.24, 2.45) is 5.92 Å². The van der Waals surface area contributed by atoms with Gasteiger partial charge in [0, 0.05) is 32.8 Å². The van der Waals surface area contributed by atoms with E-state index in [4.69, 9.17) is 4.74 Å².